The molecule has 3 nitrogen and oxygen atoms in total. The fourth-order valence-corrected chi connectivity index (χ4v) is 5.84. The Morgan fingerprint density at radius 3 is 1.33 bits per heavy atom. The van der Waals surface area contributed by atoms with Crippen molar-refractivity contribution in [3.8, 4) is 5.75 Å². The second-order valence-electron chi connectivity index (χ2n) is 7.10. The van der Waals surface area contributed by atoms with Crippen LogP contribution in [-0.4, -0.2) is 31.7 Å². The van der Waals surface area contributed by atoms with Gasteiger partial charge in [0.2, 0.25) is 0 Å². The van der Waals surface area contributed by atoms with Crippen molar-refractivity contribution in [2.24, 2.45) is 0 Å². The third-order valence-corrected chi connectivity index (χ3v) is 8.18. The number of hydrogen-bond acceptors (Lipinski definition) is 3. The van der Waals surface area contributed by atoms with Gasteiger partial charge >= 0.3 is 33.4 Å². The van der Waals surface area contributed by atoms with E-state index in [1.165, 1.54) is 12.1 Å². The lowest BCUT2D eigenvalue weighted by Crippen LogP contribution is -2.63. The van der Waals surface area contributed by atoms with Crippen molar-refractivity contribution in [1.82, 2.24) is 0 Å². The van der Waals surface area contributed by atoms with Crippen molar-refractivity contribution in [2.75, 3.05) is 0 Å². The lowest BCUT2D eigenvalue weighted by molar-refractivity contribution is -0.382. The zero-order valence-electron chi connectivity index (χ0n) is 17.5. The Morgan fingerprint density at radius 1 is 0.556 bits per heavy atom. The molecule has 0 amide bonds. The Morgan fingerprint density at radius 2 is 0.944 bits per heavy atom. The van der Waals surface area contributed by atoms with Gasteiger partial charge in [0.05, 0.1) is 10.9 Å². The molecular formula is C22H14F9O3S2+. The Labute approximate surface area is 202 Å². The first kappa shape index (κ1) is 27.7. The predicted molar refractivity (Wildman–Crippen MR) is 112 cm³/mol. The lowest BCUT2D eigenvalue weighted by Gasteiger charge is -2.32. The van der Waals surface area contributed by atoms with Crippen molar-refractivity contribution < 1.29 is 52.1 Å². The molecular weight excluding hydrogens is 547 g/mol. The monoisotopic (exact) mass is 561 g/mol. The van der Waals surface area contributed by atoms with E-state index in [0.29, 0.717) is 4.90 Å². The summed E-state index contributed by atoms with van der Waals surface area (Å²) in [6, 6.07) is 21.7. The summed E-state index contributed by atoms with van der Waals surface area (Å²) in [5, 5.41) is -6.93. The van der Waals surface area contributed by atoms with Crippen LogP contribution in [0.4, 0.5) is 39.5 Å². The predicted octanol–water partition coefficient (Wildman–Crippen LogP) is 6.92. The molecule has 3 aromatic rings. The molecule has 0 N–H and O–H groups in total. The topological polar surface area (TPSA) is 43.4 Å². The van der Waals surface area contributed by atoms with Crippen molar-refractivity contribution in [3.63, 3.8) is 0 Å². The SMILES string of the molecule is O=S(=O)(Oc1ccc([S+](c2ccccc2)c2ccccc2)cc1)C(F)(F)C(F)(F)C(F)(F)C(F)(F)F. The van der Waals surface area contributed by atoms with Crippen molar-refractivity contribution in [2.45, 2.75) is 38.0 Å². The van der Waals surface area contributed by atoms with Gasteiger partial charge < -0.3 is 4.18 Å². The molecule has 0 atom stereocenters. The summed E-state index contributed by atoms with van der Waals surface area (Å²) in [5.41, 5.74) is 0. The molecule has 0 fully saturated rings. The first-order valence-electron chi connectivity index (χ1n) is 9.61. The van der Waals surface area contributed by atoms with E-state index in [4.69, 9.17) is 0 Å². The van der Waals surface area contributed by atoms with Crippen molar-refractivity contribution >= 4 is 21.0 Å². The van der Waals surface area contributed by atoms with Crippen LogP contribution in [-0.2, 0) is 21.0 Å². The van der Waals surface area contributed by atoms with Crippen LogP contribution in [0.15, 0.2) is 99.6 Å². The highest BCUT2D eigenvalue weighted by Gasteiger charge is 2.86. The highest BCUT2D eigenvalue weighted by atomic mass is 32.2. The van der Waals surface area contributed by atoms with Crippen molar-refractivity contribution in [3.05, 3.63) is 84.9 Å². The lowest BCUT2D eigenvalue weighted by atomic mass is 10.1. The molecule has 0 saturated carbocycles. The number of rotatable bonds is 8. The number of hydrogen-bond donors (Lipinski definition) is 0. The molecule has 0 radical (unpaired) electrons. The van der Waals surface area contributed by atoms with E-state index in [1.54, 1.807) is 60.7 Å². The number of benzene rings is 3. The minimum Gasteiger partial charge on any atom is -0.378 e. The maximum atomic E-state index is 13.9. The molecule has 0 aromatic heterocycles. The Kier molecular flexibility index (Phi) is 7.34. The molecule has 0 aliphatic heterocycles. The van der Waals surface area contributed by atoms with Gasteiger partial charge in [-0.2, -0.15) is 47.9 Å². The molecule has 194 valence electrons. The number of halogens is 9. The van der Waals surface area contributed by atoms with Gasteiger partial charge in [0, 0.05) is 0 Å². The number of alkyl halides is 9. The Bertz CT molecular complexity index is 1240. The smallest absolute Gasteiger partial charge is 0.378 e. The van der Waals surface area contributed by atoms with Crippen LogP contribution >= 0.6 is 0 Å². The minimum atomic E-state index is -7.37. The van der Waals surface area contributed by atoms with Crippen molar-refractivity contribution in [1.29, 1.82) is 0 Å². The first-order valence-corrected chi connectivity index (χ1v) is 12.2. The fraction of sp³-hybridized carbons (Fsp3) is 0.182. The van der Waals surface area contributed by atoms with Crippen LogP contribution < -0.4 is 4.18 Å². The molecule has 0 bridgehead atoms. The molecule has 0 heterocycles. The van der Waals surface area contributed by atoms with E-state index in [2.05, 4.69) is 4.18 Å². The maximum Gasteiger partial charge on any atom is 0.460 e. The molecule has 36 heavy (non-hydrogen) atoms. The summed E-state index contributed by atoms with van der Waals surface area (Å²) in [5.74, 6) is -15.7. The zero-order valence-corrected chi connectivity index (χ0v) is 19.2. The van der Waals surface area contributed by atoms with Crippen LogP contribution in [0.5, 0.6) is 5.75 Å². The van der Waals surface area contributed by atoms with Gasteiger partial charge in [0.15, 0.2) is 14.7 Å². The zero-order chi connectivity index (χ0) is 27.0. The highest BCUT2D eigenvalue weighted by molar-refractivity contribution is 7.97. The Hall–Kier alpha value is -2.87. The summed E-state index contributed by atoms with van der Waals surface area (Å²) >= 11 is 0. The van der Waals surface area contributed by atoms with E-state index in [1.807, 2.05) is 0 Å². The van der Waals surface area contributed by atoms with Gasteiger partial charge in [0.1, 0.15) is 5.75 Å². The summed E-state index contributed by atoms with van der Waals surface area (Å²) in [6.07, 6.45) is -7.16. The first-order chi connectivity index (χ1) is 16.5. The second-order valence-corrected chi connectivity index (χ2v) is 10.7. The van der Waals surface area contributed by atoms with Gasteiger partial charge in [-0.3, -0.25) is 0 Å². The fourth-order valence-electron chi connectivity index (χ4n) is 2.85. The largest absolute Gasteiger partial charge is 0.460 e. The van der Waals surface area contributed by atoms with Gasteiger partial charge in [-0.15, -0.1) is 0 Å². The van der Waals surface area contributed by atoms with Crippen LogP contribution in [0.1, 0.15) is 0 Å². The van der Waals surface area contributed by atoms with Gasteiger partial charge in [-0.1, -0.05) is 36.4 Å². The molecule has 0 aliphatic carbocycles. The molecule has 3 aromatic carbocycles. The quantitative estimate of drug-likeness (QED) is 0.171. The van der Waals surface area contributed by atoms with Crippen LogP contribution in [0.25, 0.3) is 0 Å². The average molecular weight is 561 g/mol. The summed E-state index contributed by atoms with van der Waals surface area (Å²) in [7, 11) is -7.81. The Balaban J connectivity index is 1.94. The molecule has 0 aliphatic rings. The van der Waals surface area contributed by atoms with Crippen LogP contribution in [0.2, 0.25) is 0 Å². The highest BCUT2D eigenvalue weighted by Crippen LogP contribution is 2.55. The van der Waals surface area contributed by atoms with E-state index in [9.17, 15) is 47.9 Å². The third kappa shape index (κ3) is 4.88. The molecule has 3 rings (SSSR count). The van der Waals surface area contributed by atoms with Crippen LogP contribution in [0, 0.1) is 0 Å². The molecule has 0 unspecified atom stereocenters. The van der Waals surface area contributed by atoms with E-state index in [0.717, 1.165) is 21.9 Å². The summed E-state index contributed by atoms with van der Waals surface area (Å²) in [4.78, 5) is 2.09. The van der Waals surface area contributed by atoms with E-state index >= 15 is 0 Å². The van der Waals surface area contributed by atoms with E-state index in [-0.39, 0.29) is 0 Å². The molecule has 14 heteroatoms. The van der Waals surface area contributed by atoms with Gasteiger partial charge in [-0.25, -0.2) is 0 Å². The van der Waals surface area contributed by atoms with Gasteiger partial charge in [-0.05, 0) is 48.5 Å². The normalized spacial score (nSPS) is 13.6. The standard InChI is InChI=1S/C22H14F9O3S2/c23-19(24,21(27,28)29)20(25,26)22(30,31)36(32,33)34-15-11-13-18(14-12-15)35(16-7-3-1-4-8-16)17-9-5-2-6-10-17/h1-14H/q+1. The molecule has 0 spiro atoms. The van der Waals surface area contributed by atoms with Crippen LogP contribution in [0.3, 0.4) is 0 Å². The molecule has 0 saturated heterocycles. The van der Waals surface area contributed by atoms with E-state index < -0.39 is 50.0 Å². The maximum absolute atomic E-state index is 13.9. The summed E-state index contributed by atoms with van der Waals surface area (Å²) < 4.78 is 145. The minimum absolute atomic E-state index is 0.498. The van der Waals surface area contributed by atoms with Gasteiger partial charge in [0.25, 0.3) is 0 Å². The second kappa shape index (κ2) is 9.54. The third-order valence-electron chi connectivity index (χ3n) is 4.65. The summed E-state index contributed by atoms with van der Waals surface area (Å²) in [6.45, 7) is 0. The average Bonchev–Trinajstić information content (AvgIpc) is 2.80.